The predicted molar refractivity (Wildman–Crippen MR) is 44.1 cm³/mol. The van der Waals surface area contributed by atoms with Gasteiger partial charge in [-0.1, -0.05) is 13.8 Å². The molecule has 0 saturated carbocycles. The van der Waals surface area contributed by atoms with Crippen LogP contribution in [0.5, 0.6) is 0 Å². The number of carbonyl (C=O) groups is 1. The van der Waals surface area contributed by atoms with Crippen LogP contribution in [0.3, 0.4) is 0 Å². The molecule has 66 valence electrons. The Bertz CT molecular complexity index is 123. The number of likely N-dealkylation sites (N-methyl/N-ethyl adjacent to an activating group) is 1. The molecule has 0 heterocycles. The van der Waals surface area contributed by atoms with Gasteiger partial charge in [-0.05, 0) is 19.3 Å². The lowest BCUT2D eigenvalue weighted by Gasteiger charge is -2.11. The van der Waals surface area contributed by atoms with E-state index in [1.807, 2.05) is 20.8 Å². The van der Waals surface area contributed by atoms with Crippen LogP contribution >= 0.6 is 0 Å². The van der Waals surface area contributed by atoms with Crippen molar-refractivity contribution in [3.8, 4) is 0 Å². The molecular weight excluding hydrogens is 142 g/mol. The van der Waals surface area contributed by atoms with Gasteiger partial charge in [-0.25, -0.2) is 0 Å². The summed E-state index contributed by atoms with van der Waals surface area (Å²) in [5, 5.41) is 11.8. The molecule has 0 bridgehead atoms. The number of hydrogen-bond acceptors (Lipinski definition) is 2. The lowest BCUT2D eigenvalue weighted by Crippen LogP contribution is -2.35. The minimum atomic E-state index is -0.838. The van der Waals surface area contributed by atoms with Gasteiger partial charge in [0.1, 0.15) is 6.10 Å². The molecule has 0 aromatic carbocycles. The molecule has 0 aliphatic carbocycles. The van der Waals surface area contributed by atoms with Crippen molar-refractivity contribution in [1.82, 2.24) is 5.32 Å². The van der Waals surface area contributed by atoms with Crippen molar-refractivity contribution in [3.63, 3.8) is 0 Å². The predicted octanol–water partition coefficient (Wildman–Crippen LogP) is 0.529. The smallest absolute Gasteiger partial charge is 0.248 e. The van der Waals surface area contributed by atoms with Crippen LogP contribution in [0.4, 0.5) is 0 Å². The van der Waals surface area contributed by atoms with Crippen LogP contribution in [0.15, 0.2) is 0 Å². The van der Waals surface area contributed by atoms with Crippen molar-refractivity contribution in [3.05, 3.63) is 0 Å². The second-order valence-corrected chi connectivity index (χ2v) is 3.04. The van der Waals surface area contributed by atoms with Gasteiger partial charge >= 0.3 is 0 Å². The molecule has 3 nitrogen and oxygen atoms in total. The monoisotopic (exact) mass is 159 g/mol. The van der Waals surface area contributed by atoms with Crippen LogP contribution in [0.25, 0.3) is 0 Å². The fourth-order valence-electron chi connectivity index (χ4n) is 0.846. The average molecular weight is 159 g/mol. The van der Waals surface area contributed by atoms with Gasteiger partial charge in [0.2, 0.25) is 5.91 Å². The SMILES string of the molecule is CCNC(=O)C(O)CC(C)C. The van der Waals surface area contributed by atoms with E-state index in [0.29, 0.717) is 18.9 Å². The van der Waals surface area contributed by atoms with Crippen molar-refractivity contribution in [2.24, 2.45) is 5.92 Å². The molecule has 0 saturated heterocycles. The molecule has 11 heavy (non-hydrogen) atoms. The number of amides is 1. The van der Waals surface area contributed by atoms with Crippen molar-refractivity contribution >= 4 is 5.91 Å². The van der Waals surface area contributed by atoms with Crippen LogP contribution in [-0.2, 0) is 4.79 Å². The van der Waals surface area contributed by atoms with Crippen molar-refractivity contribution < 1.29 is 9.90 Å². The normalized spacial score (nSPS) is 13.2. The molecule has 0 spiro atoms. The van der Waals surface area contributed by atoms with Gasteiger partial charge in [-0.3, -0.25) is 4.79 Å². The molecule has 1 unspecified atom stereocenters. The van der Waals surface area contributed by atoms with Crippen LogP contribution in [0.1, 0.15) is 27.2 Å². The van der Waals surface area contributed by atoms with E-state index < -0.39 is 6.10 Å². The molecule has 3 heteroatoms. The van der Waals surface area contributed by atoms with E-state index >= 15 is 0 Å². The first kappa shape index (κ1) is 10.4. The second-order valence-electron chi connectivity index (χ2n) is 3.04. The third kappa shape index (κ3) is 4.79. The molecule has 0 rings (SSSR count). The highest BCUT2D eigenvalue weighted by Crippen LogP contribution is 2.03. The minimum absolute atomic E-state index is 0.263. The van der Waals surface area contributed by atoms with Gasteiger partial charge < -0.3 is 10.4 Å². The molecule has 0 aromatic rings. The molecule has 0 radical (unpaired) electrons. The molecular formula is C8H17NO2. The van der Waals surface area contributed by atoms with Crippen LogP contribution in [-0.4, -0.2) is 23.7 Å². The maximum absolute atomic E-state index is 10.9. The summed E-state index contributed by atoms with van der Waals surface area (Å²) in [6.45, 7) is 6.36. The summed E-state index contributed by atoms with van der Waals surface area (Å²) in [7, 11) is 0. The number of aliphatic hydroxyl groups is 1. The van der Waals surface area contributed by atoms with Crippen molar-refractivity contribution in [1.29, 1.82) is 0 Å². The first-order chi connectivity index (χ1) is 5.07. The van der Waals surface area contributed by atoms with Crippen LogP contribution < -0.4 is 5.32 Å². The van der Waals surface area contributed by atoms with Gasteiger partial charge in [0, 0.05) is 6.54 Å². The first-order valence-corrected chi connectivity index (χ1v) is 4.03. The summed E-state index contributed by atoms with van der Waals surface area (Å²) < 4.78 is 0. The maximum atomic E-state index is 10.9. The van der Waals surface area contributed by atoms with Crippen molar-refractivity contribution in [2.75, 3.05) is 6.54 Å². The number of carbonyl (C=O) groups excluding carboxylic acids is 1. The fourth-order valence-corrected chi connectivity index (χ4v) is 0.846. The summed E-state index contributed by atoms with van der Waals surface area (Å²) in [4.78, 5) is 10.9. The van der Waals surface area contributed by atoms with Gasteiger partial charge in [-0.15, -0.1) is 0 Å². The first-order valence-electron chi connectivity index (χ1n) is 4.03. The zero-order valence-electron chi connectivity index (χ0n) is 7.42. The molecule has 0 aromatic heterocycles. The van der Waals surface area contributed by atoms with Crippen LogP contribution in [0.2, 0.25) is 0 Å². The third-order valence-electron chi connectivity index (χ3n) is 1.35. The zero-order chi connectivity index (χ0) is 8.85. The van der Waals surface area contributed by atoms with Gasteiger partial charge in [-0.2, -0.15) is 0 Å². The van der Waals surface area contributed by atoms with Crippen molar-refractivity contribution in [2.45, 2.75) is 33.3 Å². The lowest BCUT2D eigenvalue weighted by molar-refractivity contribution is -0.129. The summed E-state index contributed by atoms with van der Waals surface area (Å²) >= 11 is 0. The topological polar surface area (TPSA) is 49.3 Å². The Morgan fingerprint density at radius 3 is 2.45 bits per heavy atom. The molecule has 2 N–H and O–H groups in total. The van der Waals surface area contributed by atoms with E-state index in [1.54, 1.807) is 0 Å². The largest absolute Gasteiger partial charge is 0.383 e. The zero-order valence-corrected chi connectivity index (χ0v) is 7.42. The molecule has 1 amide bonds. The summed E-state index contributed by atoms with van der Waals surface area (Å²) in [5.41, 5.74) is 0. The van der Waals surface area contributed by atoms with Gasteiger partial charge in [0.15, 0.2) is 0 Å². The Labute approximate surface area is 67.8 Å². The van der Waals surface area contributed by atoms with E-state index in [4.69, 9.17) is 0 Å². The molecule has 0 fully saturated rings. The highest BCUT2D eigenvalue weighted by atomic mass is 16.3. The summed E-state index contributed by atoms with van der Waals surface area (Å²) in [6.07, 6.45) is -0.304. The number of rotatable bonds is 4. The summed E-state index contributed by atoms with van der Waals surface area (Å²) in [5.74, 6) is 0.0915. The highest BCUT2D eigenvalue weighted by Gasteiger charge is 2.14. The summed E-state index contributed by atoms with van der Waals surface area (Å²) in [6, 6.07) is 0. The Hall–Kier alpha value is -0.570. The third-order valence-corrected chi connectivity index (χ3v) is 1.35. The second kappa shape index (κ2) is 5.13. The van der Waals surface area contributed by atoms with E-state index in [9.17, 15) is 9.90 Å². The van der Waals surface area contributed by atoms with E-state index in [-0.39, 0.29) is 5.91 Å². The number of nitrogens with one attached hydrogen (secondary N) is 1. The number of hydrogen-bond donors (Lipinski definition) is 2. The maximum Gasteiger partial charge on any atom is 0.248 e. The Morgan fingerprint density at radius 2 is 2.09 bits per heavy atom. The molecule has 1 atom stereocenters. The van der Waals surface area contributed by atoms with E-state index in [1.165, 1.54) is 0 Å². The Balaban J connectivity index is 3.64. The average Bonchev–Trinajstić information content (AvgIpc) is 1.86. The minimum Gasteiger partial charge on any atom is -0.383 e. The fraction of sp³-hybridized carbons (Fsp3) is 0.875. The Morgan fingerprint density at radius 1 is 1.55 bits per heavy atom. The lowest BCUT2D eigenvalue weighted by atomic mass is 10.1. The highest BCUT2D eigenvalue weighted by molar-refractivity contribution is 5.80. The van der Waals surface area contributed by atoms with Gasteiger partial charge in [0.05, 0.1) is 0 Å². The van der Waals surface area contributed by atoms with Crippen LogP contribution in [0, 0.1) is 5.92 Å². The quantitative estimate of drug-likeness (QED) is 0.628. The molecule has 0 aliphatic heterocycles. The number of aliphatic hydroxyl groups excluding tert-OH is 1. The van der Waals surface area contributed by atoms with Gasteiger partial charge in [0.25, 0.3) is 0 Å². The standard InChI is InChI=1S/C8H17NO2/c1-4-9-8(11)7(10)5-6(2)3/h6-7,10H,4-5H2,1-3H3,(H,9,11). The molecule has 0 aliphatic rings. The van der Waals surface area contributed by atoms with E-state index in [2.05, 4.69) is 5.32 Å². The van der Waals surface area contributed by atoms with E-state index in [0.717, 1.165) is 0 Å². The Kier molecular flexibility index (Phi) is 4.86.